The number of aryl methyl sites for hydroxylation is 6. The normalized spacial score (nSPS) is 11.2. The van der Waals surface area contributed by atoms with Crippen molar-refractivity contribution in [1.29, 1.82) is 0 Å². The predicted octanol–water partition coefficient (Wildman–Crippen LogP) is 17.2. The molecule has 0 aliphatic carbocycles. The van der Waals surface area contributed by atoms with Crippen LogP contribution >= 0.6 is 24.7 Å². The summed E-state index contributed by atoms with van der Waals surface area (Å²) in [5.41, 5.74) is 7.34. The van der Waals surface area contributed by atoms with Crippen LogP contribution in [0.5, 0.6) is 34.5 Å². The van der Waals surface area contributed by atoms with Gasteiger partial charge in [0.2, 0.25) is 4.52 Å². The molecule has 0 unspecified atom stereocenters. The molecule has 8 nitrogen and oxygen atoms in total. The van der Waals surface area contributed by atoms with Gasteiger partial charge in [0.25, 0.3) is 0 Å². The zero-order valence-electron chi connectivity index (χ0n) is 39.1. The number of nitrogens with zero attached hydrogens (tertiary/aromatic N) is 1. The third kappa shape index (κ3) is 16.2. The molecule has 0 saturated carbocycles. The first-order chi connectivity index (χ1) is 31.8. The summed E-state index contributed by atoms with van der Waals surface area (Å²) in [6.07, 6.45) is 12.0. The molecule has 0 amide bonds. The molecule has 0 aliphatic heterocycles. The summed E-state index contributed by atoms with van der Waals surface area (Å²) in [5.74, 6) is 3.60. The van der Waals surface area contributed by atoms with Crippen molar-refractivity contribution >= 4 is 24.7 Å². The largest absolute Gasteiger partial charge is 0.715 e. The van der Waals surface area contributed by atoms with E-state index in [4.69, 9.17) is 31.7 Å². The van der Waals surface area contributed by atoms with Crippen LogP contribution < -0.4 is 32.0 Å². The Balaban J connectivity index is 1.53. The van der Waals surface area contributed by atoms with E-state index < -0.39 is 24.7 Å². The highest BCUT2D eigenvalue weighted by Gasteiger charge is 2.60. The molecule has 0 heterocycles. The second-order valence-electron chi connectivity index (χ2n) is 16.1. The summed E-state index contributed by atoms with van der Waals surface area (Å²) in [4.78, 5) is 3.65. The maximum atomic E-state index is 7.16. The average molecular weight is 933 g/mol. The van der Waals surface area contributed by atoms with Gasteiger partial charge in [0, 0.05) is 0 Å². The molecule has 6 aromatic rings. The summed E-state index contributed by atoms with van der Waals surface area (Å²) in [6.45, 7) is 13.1. The predicted molar refractivity (Wildman–Crippen MR) is 273 cm³/mol. The summed E-state index contributed by atoms with van der Waals surface area (Å²) < 4.78 is 47.0. The summed E-state index contributed by atoms with van der Waals surface area (Å²) in [5, 5.41) is 0. The molecule has 0 saturated heterocycles. The number of hydrogen-bond donors (Lipinski definition) is 1. The quantitative estimate of drug-likeness (QED) is 0.0515. The van der Waals surface area contributed by atoms with Crippen molar-refractivity contribution in [3.05, 3.63) is 179 Å². The van der Waals surface area contributed by atoms with Gasteiger partial charge in [-0.1, -0.05) is 153 Å². The summed E-state index contributed by atoms with van der Waals surface area (Å²) in [6, 6.07) is 48.8. The Morgan fingerprint density at radius 2 is 0.615 bits per heavy atom. The van der Waals surface area contributed by atoms with Crippen molar-refractivity contribution in [2.45, 2.75) is 119 Å². The average Bonchev–Trinajstić information content (AvgIpc) is 3.31. The molecule has 0 radical (unpaired) electrons. The Labute approximate surface area is 391 Å². The van der Waals surface area contributed by atoms with Gasteiger partial charge in [-0.15, -0.1) is 0 Å². The second-order valence-corrected chi connectivity index (χ2v) is 20.8. The van der Waals surface area contributed by atoms with E-state index in [1.54, 1.807) is 0 Å². The van der Waals surface area contributed by atoms with Crippen LogP contribution in [0.1, 0.15) is 113 Å². The van der Waals surface area contributed by atoms with Crippen LogP contribution in [-0.2, 0) is 38.5 Å². The van der Waals surface area contributed by atoms with Crippen molar-refractivity contribution in [1.82, 2.24) is 4.86 Å². The van der Waals surface area contributed by atoms with Crippen LogP contribution in [0.2, 0.25) is 0 Å². The Morgan fingerprint density at radius 3 is 0.877 bits per heavy atom. The van der Waals surface area contributed by atoms with Gasteiger partial charge in [-0.05, 0) is 150 Å². The highest BCUT2D eigenvalue weighted by Crippen LogP contribution is 2.66. The minimum absolute atomic E-state index is 0.558. The molecule has 6 aromatic carbocycles. The lowest BCUT2D eigenvalue weighted by Crippen LogP contribution is -2.23. The molecule has 1 N–H and O–H groups in total. The zero-order valence-corrected chi connectivity index (χ0v) is 41.8. The maximum Gasteiger partial charge on any atom is 0.715 e. The molecular formula is C54H67N2O6P3+2. The van der Waals surface area contributed by atoms with E-state index in [1.807, 2.05) is 72.8 Å². The molecule has 342 valence electrons. The molecule has 65 heavy (non-hydrogen) atoms. The third-order valence-corrected chi connectivity index (χ3v) is 16.0. The SMILES string of the molecule is CCCc1ccc(OP(N[P+](N=[P+](Oc2ccc(CCC)cc2)Oc2ccc(CCC)cc2)(Oc2ccc(CCC)cc2)Oc2ccc(CCC)cc2)Oc2ccc(CCC)cc2)cc1. The Morgan fingerprint density at radius 1 is 0.369 bits per heavy atom. The van der Waals surface area contributed by atoms with Gasteiger partial charge in [0.15, 0.2) is 23.0 Å². The summed E-state index contributed by atoms with van der Waals surface area (Å²) >= 11 is 0. The van der Waals surface area contributed by atoms with Crippen molar-refractivity contribution in [3.8, 4) is 34.5 Å². The van der Waals surface area contributed by atoms with Gasteiger partial charge in [0.05, 0.1) is 0 Å². The molecule has 6 rings (SSSR count). The molecule has 0 aliphatic rings. The lowest BCUT2D eigenvalue weighted by molar-refractivity contribution is 0.438. The van der Waals surface area contributed by atoms with Gasteiger partial charge >= 0.3 is 24.7 Å². The van der Waals surface area contributed by atoms with Crippen LogP contribution in [0.4, 0.5) is 0 Å². The minimum atomic E-state index is -3.81. The molecule has 0 aromatic heterocycles. The van der Waals surface area contributed by atoms with Gasteiger partial charge in [-0.3, -0.25) is 9.05 Å². The van der Waals surface area contributed by atoms with Gasteiger partial charge in [-0.25, -0.2) is 9.05 Å². The smallest absolute Gasteiger partial charge is 0.425 e. The molecule has 0 spiro atoms. The van der Waals surface area contributed by atoms with E-state index in [0.29, 0.717) is 34.5 Å². The number of benzene rings is 6. The fourth-order valence-electron chi connectivity index (χ4n) is 7.12. The standard InChI is InChI=1S/C54H67N2O6P3/c1-7-13-43-19-31-49(32-20-43)57-63(58-50-33-21-44(14-8-2)22-34-50)55-65(61-53-39-27-47(17-11-5)28-40-53,62-54-41-29-48(18-12-6)30-42-54)56-64(59-51-35-23-45(15-9-3)24-36-51)60-52-37-25-46(16-10-4)26-38-52/h19-42,55H,7-18H2,1-6H3/q+2. The molecule has 0 bridgehead atoms. The number of nitrogens with one attached hydrogen (secondary N) is 1. The molecule has 11 heteroatoms. The first-order valence-electron chi connectivity index (χ1n) is 23.5. The van der Waals surface area contributed by atoms with Crippen LogP contribution in [0.25, 0.3) is 0 Å². The Hall–Kier alpha value is -4.96. The first-order valence-corrected chi connectivity index (χ1v) is 27.3. The molecule has 0 fully saturated rings. The number of rotatable bonds is 27. The van der Waals surface area contributed by atoms with Crippen LogP contribution in [0.3, 0.4) is 0 Å². The van der Waals surface area contributed by atoms with E-state index >= 15 is 0 Å². The van der Waals surface area contributed by atoms with Gasteiger partial charge in [0.1, 0.15) is 11.5 Å². The molecule has 0 atom stereocenters. The van der Waals surface area contributed by atoms with Crippen molar-refractivity contribution in [2.24, 2.45) is 4.52 Å². The lowest BCUT2D eigenvalue weighted by atomic mass is 10.1. The Bertz CT molecular complexity index is 2150. The van der Waals surface area contributed by atoms with Crippen LogP contribution in [0.15, 0.2) is 150 Å². The lowest BCUT2D eigenvalue weighted by Gasteiger charge is -2.22. The third-order valence-electron chi connectivity index (χ3n) is 10.4. The summed E-state index contributed by atoms with van der Waals surface area (Å²) in [7, 11) is -8.03. The van der Waals surface area contributed by atoms with Crippen LogP contribution in [-0.4, -0.2) is 0 Å². The topological polar surface area (TPSA) is 79.8 Å². The van der Waals surface area contributed by atoms with E-state index in [-0.39, 0.29) is 0 Å². The van der Waals surface area contributed by atoms with Gasteiger partial charge in [-0.2, -0.15) is 0 Å². The molecular weight excluding hydrogens is 866 g/mol. The van der Waals surface area contributed by atoms with E-state index in [0.717, 1.165) is 77.0 Å². The monoisotopic (exact) mass is 932 g/mol. The minimum Gasteiger partial charge on any atom is -0.425 e. The first kappa shape index (κ1) is 49.5. The maximum absolute atomic E-state index is 7.16. The highest BCUT2D eigenvalue weighted by atomic mass is 31.3. The van der Waals surface area contributed by atoms with Crippen molar-refractivity contribution in [3.63, 3.8) is 0 Å². The van der Waals surface area contributed by atoms with E-state index in [1.165, 1.54) is 33.4 Å². The number of hydrogen-bond acceptors (Lipinski definition) is 8. The Kier molecular flexibility index (Phi) is 20.0. The fourth-order valence-corrected chi connectivity index (χ4v) is 12.6. The second kappa shape index (κ2) is 26.3. The van der Waals surface area contributed by atoms with Crippen LogP contribution in [0, 0.1) is 0 Å². The highest BCUT2D eigenvalue weighted by molar-refractivity contribution is 7.75. The van der Waals surface area contributed by atoms with Gasteiger partial charge < -0.3 is 9.05 Å². The van der Waals surface area contributed by atoms with E-state index in [9.17, 15) is 0 Å². The van der Waals surface area contributed by atoms with E-state index in [2.05, 4.69) is 119 Å². The zero-order chi connectivity index (χ0) is 45.7. The van der Waals surface area contributed by atoms with Crippen molar-refractivity contribution in [2.75, 3.05) is 0 Å². The van der Waals surface area contributed by atoms with Crippen molar-refractivity contribution < 1.29 is 27.1 Å². The fraction of sp³-hybridized carbons (Fsp3) is 0.333.